The number of hydrogen-bond donors (Lipinski definition) is 1. The average Bonchev–Trinajstić information content (AvgIpc) is 2.09. The van der Waals surface area contributed by atoms with Crippen LogP contribution in [0.15, 0.2) is 29.2 Å². The molecule has 3 heteroatoms. The van der Waals surface area contributed by atoms with Gasteiger partial charge in [0.2, 0.25) is 0 Å². The van der Waals surface area contributed by atoms with Crippen LogP contribution in [0.2, 0.25) is 5.02 Å². The number of rotatable bonds is 3. The van der Waals surface area contributed by atoms with Crippen LogP contribution >= 0.6 is 23.4 Å². The number of halogens is 1. The Kier molecular flexibility index (Phi) is 3.92. The van der Waals surface area contributed by atoms with Crippen LogP contribution in [0.1, 0.15) is 6.92 Å². The first-order chi connectivity index (χ1) is 5.72. The molecule has 0 fully saturated rings. The fourth-order valence-corrected chi connectivity index (χ4v) is 1.61. The van der Waals surface area contributed by atoms with Gasteiger partial charge in [0.1, 0.15) is 0 Å². The number of hydrogen-bond acceptors (Lipinski definition) is 2. The maximum atomic E-state index is 5.73. The van der Waals surface area contributed by atoms with E-state index in [9.17, 15) is 0 Å². The van der Waals surface area contributed by atoms with Gasteiger partial charge in [0, 0.05) is 9.92 Å². The fourth-order valence-electron chi connectivity index (χ4n) is 0.738. The summed E-state index contributed by atoms with van der Waals surface area (Å²) in [6, 6.07) is 7.67. The van der Waals surface area contributed by atoms with Crippen LogP contribution in [0.3, 0.4) is 0 Å². The van der Waals surface area contributed by atoms with E-state index in [1.54, 1.807) is 11.8 Å². The van der Waals surface area contributed by atoms with Crippen molar-refractivity contribution in [1.29, 1.82) is 0 Å². The van der Waals surface area contributed by atoms with Crippen LogP contribution in [0.5, 0.6) is 0 Å². The van der Waals surface area contributed by atoms with Gasteiger partial charge in [-0.15, -0.1) is 11.8 Å². The van der Waals surface area contributed by atoms with Crippen LogP contribution < -0.4 is 5.73 Å². The zero-order chi connectivity index (χ0) is 8.97. The summed E-state index contributed by atoms with van der Waals surface area (Å²) in [4.78, 5) is 1.14. The average molecular weight is 201 g/mol. The van der Waals surface area contributed by atoms with Crippen LogP contribution in [0, 0.1) is 6.42 Å². The van der Waals surface area contributed by atoms with Gasteiger partial charge < -0.3 is 5.73 Å². The van der Waals surface area contributed by atoms with Crippen molar-refractivity contribution in [1.82, 2.24) is 0 Å². The zero-order valence-corrected chi connectivity index (χ0v) is 8.40. The largest absolute Gasteiger partial charge is 0.319 e. The normalized spacial score (nSPS) is 12.9. The molecule has 1 aromatic carbocycles. The Morgan fingerprint density at radius 1 is 1.42 bits per heavy atom. The summed E-state index contributed by atoms with van der Waals surface area (Å²) in [5.41, 5.74) is 5.72. The van der Waals surface area contributed by atoms with Crippen molar-refractivity contribution in [2.45, 2.75) is 17.2 Å². The van der Waals surface area contributed by atoms with E-state index in [2.05, 4.69) is 0 Å². The molecule has 0 heterocycles. The lowest BCUT2D eigenvalue weighted by Gasteiger charge is -2.07. The molecule has 0 aromatic heterocycles. The van der Waals surface area contributed by atoms with E-state index in [-0.39, 0.29) is 5.37 Å². The Morgan fingerprint density at radius 2 is 2.00 bits per heavy atom. The van der Waals surface area contributed by atoms with Crippen LogP contribution in [0.25, 0.3) is 0 Å². The Hall–Kier alpha value is -0.180. The lowest BCUT2D eigenvalue weighted by atomic mass is 10.4. The molecule has 0 spiro atoms. The molecule has 1 atom stereocenters. The van der Waals surface area contributed by atoms with Gasteiger partial charge in [-0.25, -0.2) is 0 Å². The maximum Gasteiger partial charge on any atom is 0.0583 e. The third kappa shape index (κ3) is 3.05. The van der Waals surface area contributed by atoms with E-state index in [1.165, 1.54) is 0 Å². The summed E-state index contributed by atoms with van der Waals surface area (Å²) in [6.07, 6.45) is 1.96. The molecule has 0 saturated carbocycles. The third-order valence-electron chi connectivity index (χ3n) is 1.41. The molecule has 0 aliphatic rings. The minimum atomic E-state index is 0.0613. The summed E-state index contributed by atoms with van der Waals surface area (Å²) in [5, 5.41) is 0.819. The highest BCUT2D eigenvalue weighted by Crippen LogP contribution is 2.23. The topological polar surface area (TPSA) is 26.0 Å². The molecule has 0 aliphatic carbocycles. The Bertz CT molecular complexity index is 235. The molecular formula is C9H11ClNS. The van der Waals surface area contributed by atoms with Crippen molar-refractivity contribution in [2.75, 3.05) is 0 Å². The van der Waals surface area contributed by atoms with Crippen molar-refractivity contribution in [2.24, 2.45) is 5.73 Å². The molecular weight excluding hydrogens is 190 g/mol. The standard InChI is InChI=1S/C9H11ClNS/c1-2-9(11)12-8-5-3-7(10)4-6-8/h2-6,9H,11H2,1H3. The highest BCUT2D eigenvalue weighted by molar-refractivity contribution is 8.00. The Balaban J connectivity index is 2.58. The molecule has 1 aromatic rings. The van der Waals surface area contributed by atoms with Crippen LogP contribution in [-0.2, 0) is 0 Å². The minimum Gasteiger partial charge on any atom is -0.319 e. The molecule has 0 bridgehead atoms. The van der Waals surface area contributed by atoms with Gasteiger partial charge in [-0.1, -0.05) is 18.5 Å². The quantitative estimate of drug-likeness (QED) is 0.600. The first-order valence-corrected chi connectivity index (χ1v) is 4.95. The lowest BCUT2D eigenvalue weighted by Crippen LogP contribution is -2.13. The Labute approximate surface area is 82.3 Å². The van der Waals surface area contributed by atoms with Gasteiger partial charge in [-0.3, -0.25) is 0 Å². The summed E-state index contributed by atoms with van der Waals surface area (Å²) >= 11 is 7.35. The highest BCUT2D eigenvalue weighted by atomic mass is 35.5. The summed E-state index contributed by atoms with van der Waals surface area (Å²) < 4.78 is 0. The first kappa shape index (κ1) is 9.90. The monoisotopic (exact) mass is 200 g/mol. The van der Waals surface area contributed by atoms with Crippen molar-refractivity contribution in [3.05, 3.63) is 35.7 Å². The Morgan fingerprint density at radius 3 is 2.50 bits per heavy atom. The molecule has 1 radical (unpaired) electrons. The summed E-state index contributed by atoms with van der Waals surface area (Å²) in [7, 11) is 0. The molecule has 1 nitrogen and oxygen atoms in total. The summed E-state index contributed by atoms with van der Waals surface area (Å²) in [6.45, 7) is 1.95. The molecule has 2 N–H and O–H groups in total. The van der Waals surface area contributed by atoms with Crippen molar-refractivity contribution in [3.8, 4) is 0 Å². The maximum absolute atomic E-state index is 5.73. The molecule has 0 saturated heterocycles. The van der Waals surface area contributed by atoms with E-state index in [4.69, 9.17) is 17.3 Å². The van der Waals surface area contributed by atoms with Crippen molar-refractivity contribution >= 4 is 23.4 Å². The predicted molar refractivity (Wildman–Crippen MR) is 55.3 cm³/mol. The second-order valence-corrected chi connectivity index (χ2v) is 4.06. The van der Waals surface area contributed by atoms with Crippen molar-refractivity contribution < 1.29 is 0 Å². The van der Waals surface area contributed by atoms with E-state index in [1.807, 2.05) is 37.6 Å². The van der Waals surface area contributed by atoms with Crippen molar-refractivity contribution in [3.63, 3.8) is 0 Å². The predicted octanol–water partition coefficient (Wildman–Crippen LogP) is 2.94. The molecule has 1 rings (SSSR count). The summed E-state index contributed by atoms with van der Waals surface area (Å²) in [5.74, 6) is 0. The SMILES string of the molecule is C[CH]C(N)Sc1ccc(Cl)cc1. The van der Waals surface area contributed by atoms with Gasteiger partial charge in [0.05, 0.1) is 5.37 Å². The van der Waals surface area contributed by atoms with E-state index in [0.717, 1.165) is 9.92 Å². The third-order valence-corrected chi connectivity index (χ3v) is 2.75. The van der Waals surface area contributed by atoms with Gasteiger partial charge in [-0.05, 0) is 30.7 Å². The lowest BCUT2D eigenvalue weighted by molar-refractivity contribution is 1.05. The molecule has 0 aliphatic heterocycles. The highest BCUT2D eigenvalue weighted by Gasteiger charge is 2.00. The van der Waals surface area contributed by atoms with E-state index >= 15 is 0 Å². The van der Waals surface area contributed by atoms with Gasteiger partial charge in [0.25, 0.3) is 0 Å². The molecule has 1 unspecified atom stereocenters. The second-order valence-electron chi connectivity index (χ2n) is 2.37. The smallest absolute Gasteiger partial charge is 0.0583 e. The molecule has 12 heavy (non-hydrogen) atoms. The molecule has 65 valence electrons. The van der Waals surface area contributed by atoms with Crippen LogP contribution in [0.4, 0.5) is 0 Å². The zero-order valence-electron chi connectivity index (χ0n) is 6.83. The molecule has 0 amide bonds. The van der Waals surface area contributed by atoms with Gasteiger partial charge >= 0.3 is 0 Å². The fraction of sp³-hybridized carbons (Fsp3) is 0.222. The second kappa shape index (κ2) is 4.75. The van der Waals surface area contributed by atoms with Crippen LogP contribution in [-0.4, -0.2) is 5.37 Å². The first-order valence-electron chi connectivity index (χ1n) is 3.69. The minimum absolute atomic E-state index is 0.0613. The van der Waals surface area contributed by atoms with E-state index in [0.29, 0.717) is 0 Å². The van der Waals surface area contributed by atoms with Gasteiger partial charge in [-0.2, -0.15) is 0 Å². The van der Waals surface area contributed by atoms with E-state index < -0.39 is 0 Å². The number of nitrogens with two attached hydrogens (primary N) is 1. The number of benzene rings is 1. The number of thioether (sulfide) groups is 1. The van der Waals surface area contributed by atoms with Gasteiger partial charge in [0.15, 0.2) is 0 Å².